The number of ether oxygens (including phenoxy) is 1. The molecule has 0 atom stereocenters. The first-order chi connectivity index (χ1) is 4.48. The van der Waals surface area contributed by atoms with Gasteiger partial charge >= 0.3 is 5.97 Å². The number of carbonyl (C=O) groups is 1. The summed E-state index contributed by atoms with van der Waals surface area (Å²) in [6.45, 7) is 3.31. The number of halogens is 1. The van der Waals surface area contributed by atoms with Crippen LogP contribution in [0.4, 0.5) is 0 Å². The monoisotopic (exact) mass is 208 g/mol. The minimum atomic E-state index is -0.702. The summed E-state index contributed by atoms with van der Waals surface area (Å²) in [7, 11) is 0. The van der Waals surface area contributed by atoms with Crippen LogP contribution in [0.3, 0.4) is 0 Å². The molecule has 3 nitrogen and oxygen atoms in total. The van der Waals surface area contributed by atoms with Crippen LogP contribution in [0.25, 0.3) is 0 Å². The molecule has 4 heteroatoms. The lowest BCUT2D eigenvalue weighted by molar-refractivity contribution is -0.139. The van der Waals surface area contributed by atoms with Gasteiger partial charge in [0.2, 0.25) is 0 Å². The predicted molar refractivity (Wildman–Crippen MR) is 40.9 cm³/mol. The summed E-state index contributed by atoms with van der Waals surface area (Å²) >= 11 is 3.08. The topological polar surface area (TPSA) is 46.5 Å². The van der Waals surface area contributed by atoms with Crippen LogP contribution >= 0.6 is 15.9 Å². The fourth-order valence-electron chi connectivity index (χ4n) is 0.232. The Kier molecular flexibility index (Phi) is 3.42. The highest BCUT2D eigenvalue weighted by atomic mass is 79.9. The van der Waals surface area contributed by atoms with E-state index < -0.39 is 10.3 Å². The average molecular weight is 209 g/mol. The lowest BCUT2D eigenvalue weighted by Crippen LogP contribution is -2.24. The maximum atomic E-state index is 10.8. The quantitative estimate of drug-likeness (QED) is 0.428. The van der Waals surface area contributed by atoms with E-state index >= 15 is 0 Å². The molecule has 0 aromatic carbocycles. The van der Waals surface area contributed by atoms with E-state index in [-0.39, 0.29) is 0 Å². The van der Waals surface area contributed by atoms with Crippen molar-refractivity contribution in [3.63, 3.8) is 0 Å². The lowest BCUT2D eigenvalue weighted by atomic mass is 10.2. The molecule has 58 valence electrons. The molecule has 0 rings (SSSR count). The summed E-state index contributed by atoms with van der Waals surface area (Å²) in [6.07, 6.45) is 1.59. The van der Waals surface area contributed by atoms with Gasteiger partial charge in [0.05, 0.1) is 0 Å². The van der Waals surface area contributed by atoms with Gasteiger partial charge in [0.15, 0.2) is 0 Å². The summed E-state index contributed by atoms with van der Waals surface area (Å²) in [4.78, 5) is 10.8. The first-order valence-electron chi connectivity index (χ1n) is 2.67. The van der Waals surface area contributed by atoms with Crippen LogP contribution in [0.15, 0.2) is 12.5 Å². The van der Waals surface area contributed by atoms with Crippen molar-refractivity contribution in [3.05, 3.63) is 12.5 Å². The fourth-order valence-corrected chi connectivity index (χ4v) is 0.326. The SMILES string of the molecule is CC(C)(Br)C(=O)OC=CO. The van der Waals surface area contributed by atoms with Gasteiger partial charge in [-0.25, -0.2) is 0 Å². The van der Waals surface area contributed by atoms with Gasteiger partial charge in [0, 0.05) is 0 Å². The van der Waals surface area contributed by atoms with Crippen LogP contribution in [-0.4, -0.2) is 15.4 Å². The number of aliphatic hydroxyl groups excluding tert-OH is 1. The van der Waals surface area contributed by atoms with Crippen LogP contribution in [0.2, 0.25) is 0 Å². The largest absolute Gasteiger partial charge is 0.512 e. The van der Waals surface area contributed by atoms with Crippen LogP contribution < -0.4 is 0 Å². The van der Waals surface area contributed by atoms with Crippen molar-refractivity contribution >= 4 is 21.9 Å². The fraction of sp³-hybridized carbons (Fsp3) is 0.500. The van der Waals surface area contributed by atoms with Gasteiger partial charge in [-0.1, -0.05) is 15.9 Å². The minimum Gasteiger partial charge on any atom is -0.512 e. The molecule has 0 aromatic heterocycles. The number of hydrogen-bond donors (Lipinski definition) is 1. The van der Waals surface area contributed by atoms with Crippen LogP contribution in [0, 0.1) is 0 Å². The Morgan fingerprint density at radius 1 is 1.70 bits per heavy atom. The highest BCUT2D eigenvalue weighted by Gasteiger charge is 2.24. The number of aliphatic hydroxyl groups is 1. The van der Waals surface area contributed by atoms with Gasteiger partial charge in [-0.3, -0.25) is 4.79 Å². The molecule has 0 bridgehead atoms. The predicted octanol–water partition coefficient (Wildman–Crippen LogP) is 1.73. The first kappa shape index (κ1) is 9.49. The van der Waals surface area contributed by atoms with Gasteiger partial charge in [-0.05, 0) is 13.8 Å². The highest BCUT2D eigenvalue weighted by Crippen LogP contribution is 2.17. The average Bonchev–Trinajstić information content (AvgIpc) is 1.80. The van der Waals surface area contributed by atoms with E-state index in [1.807, 2.05) is 0 Å². The second kappa shape index (κ2) is 3.61. The van der Waals surface area contributed by atoms with Gasteiger partial charge in [0.25, 0.3) is 0 Å². The maximum Gasteiger partial charge on any atom is 0.327 e. The molecule has 0 spiro atoms. The van der Waals surface area contributed by atoms with Gasteiger partial charge in [0.1, 0.15) is 16.8 Å². The van der Waals surface area contributed by atoms with E-state index in [9.17, 15) is 4.79 Å². The Bertz CT molecular complexity index is 146. The first-order valence-corrected chi connectivity index (χ1v) is 3.47. The minimum absolute atomic E-state index is 0.446. The smallest absolute Gasteiger partial charge is 0.327 e. The molecule has 0 saturated heterocycles. The molecule has 0 aliphatic heterocycles. The molecular weight excluding hydrogens is 200 g/mol. The Balaban J connectivity index is 3.86. The Labute approximate surface area is 67.8 Å². The molecule has 0 unspecified atom stereocenters. The van der Waals surface area contributed by atoms with E-state index in [2.05, 4.69) is 20.7 Å². The molecule has 0 aliphatic carbocycles. The summed E-state index contributed by atoms with van der Waals surface area (Å²) in [6, 6.07) is 0. The number of rotatable bonds is 2. The van der Waals surface area contributed by atoms with Crippen molar-refractivity contribution < 1.29 is 14.6 Å². The lowest BCUT2D eigenvalue weighted by Gasteiger charge is -2.11. The summed E-state index contributed by atoms with van der Waals surface area (Å²) < 4.78 is 3.74. The number of alkyl halides is 1. The standard InChI is InChI=1S/C6H9BrO3/c1-6(2,7)5(9)10-4-3-8/h3-4,8H,1-2H3. The third kappa shape index (κ3) is 3.50. The number of esters is 1. The number of hydrogen-bond acceptors (Lipinski definition) is 3. The molecule has 0 aliphatic rings. The molecule has 0 saturated carbocycles. The van der Waals surface area contributed by atoms with E-state index in [1.165, 1.54) is 0 Å². The number of carbonyl (C=O) groups excluding carboxylic acids is 1. The Hall–Kier alpha value is -0.510. The Morgan fingerprint density at radius 2 is 2.20 bits per heavy atom. The third-order valence-electron chi connectivity index (χ3n) is 0.721. The maximum absolute atomic E-state index is 10.8. The van der Waals surface area contributed by atoms with E-state index in [0.29, 0.717) is 6.26 Å². The zero-order valence-corrected chi connectivity index (χ0v) is 7.38. The molecule has 0 aromatic rings. The van der Waals surface area contributed by atoms with Crippen LogP contribution in [0.1, 0.15) is 13.8 Å². The van der Waals surface area contributed by atoms with Crippen molar-refractivity contribution in [1.82, 2.24) is 0 Å². The van der Waals surface area contributed by atoms with Crippen LogP contribution in [-0.2, 0) is 9.53 Å². The van der Waals surface area contributed by atoms with Crippen molar-refractivity contribution in [2.75, 3.05) is 0 Å². The van der Waals surface area contributed by atoms with E-state index in [0.717, 1.165) is 6.26 Å². The molecule has 0 amide bonds. The molecule has 0 radical (unpaired) electrons. The van der Waals surface area contributed by atoms with Crippen molar-refractivity contribution in [1.29, 1.82) is 0 Å². The zero-order chi connectivity index (χ0) is 8.20. The summed E-state index contributed by atoms with van der Waals surface area (Å²) in [5.74, 6) is -0.446. The van der Waals surface area contributed by atoms with E-state index in [4.69, 9.17) is 5.11 Å². The molecular formula is C6H9BrO3. The van der Waals surface area contributed by atoms with E-state index in [1.54, 1.807) is 13.8 Å². The Morgan fingerprint density at radius 3 is 2.50 bits per heavy atom. The van der Waals surface area contributed by atoms with Crippen molar-refractivity contribution in [3.8, 4) is 0 Å². The molecule has 0 heterocycles. The molecule has 1 N–H and O–H groups in total. The third-order valence-corrected chi connectivity index (χ3v) is 1.05. The van der Waals surface area contributed by atoms with Crippen molar-refractivity contribution in [2.45, 2.75) is 18.2 Å². The second-order valence-corrected chi connectivity index (χ2v) is 4.15. The molecule has 10 heavy (non-hydrogen) atoms. The summed E-state index contributed by atoms with van der Waals surface area (Å²) in [5, 5.41) is 8.11. The normalized spacial score (nSPS) is 11.9. The second-order valence-electron chi connectivity index (χ2n) is 2.16. The van der Waals surface area contributed by atoms with Gasteiger partial charge < -0.3 is 9.84 Å². The van der Waals surface area contributed by atoms with Crippen molar-refractivity contribution in [2.24, 2.45) is 0 Å². The van der Waals surface area contributed by atoms with Crippen LogP contribution in [0.5, 0.6) is 0 Å². The van der Waals surface area contributed by atoms with Gasteiger partial charge in [-0.15, -0.1) is 0 Å². The zero-order valence-electron chi connectivity index (χ0n) is 5.80. The summed E-state index contributed by atoms with van der Waals surface area (Å²) in [5.41, 5.74) is 0. The van der Waals surface area contributed by atoms with Gasteiger partial charge in [-0.2, -0.15) is 0 Å². The highest BCUT2D eigenvalue weighted by molar-refractivity contribution is 9.10. The molecule has 0 fully saturated rings.